The molecule has 2 aliphatic rings. The van der Waals surface area contributed by atoms with Crippen molar-refractivity contribution in [3.8, 4) is 0 Å². The fourth-order valence-electron chi connectivity index (χ4n) is 4.27. The lowest BCUT2D eigenvalue weighted by atomic mass is 10.1. The molecule has 8 nitrogen and oxygen atoms in total. The first kappa shape index (κ1) is 24.5. The van der Waals surface area contributed by atoms with Crippen molar-refractivity contribution < 1.29 is 32.7 Å². The molecular formula is C23H21F3N4O4S. The predicted octanol–water partition coefficient (Wildman–Crippen LogP) is 3.61. The molecule has 1 saturated heterocycles. The molecule has 2 amide bonds. The highest BCUT2D eigenvalue weighted by Crippen LogP contribution is 2.35. The van der Waals surface area contributed by atoms with Gasteiger partial charge in [0, 0.05) is 25.5 Å². The van der Waals surface area contributed by atoms with Crippen LogP contribution >= 0.6 is 11.3 Å². The summed E-state index contributed by atoms with van der Waals surface area (Å²) in [7, 11) is 0. The normalized spacial score (nSPS) is 19.0. The molecule has 2 aliphatic heterocycles. The number of pyridine rings is 1. The number of halogens is 3. The summed E-state index contributed by atoms with van der Waals surface area (Å²) in [5, 5.41) is 9.08. The maximum Gasteiger partial charge on any atom is 0.490 e. The zero-order chi connectivity index (χ0) is 25.3. The van der Waals surface area contributed by atoms with E-state index in [2.05, 4.69) is 4.98 Å². The van der Waals surface area contributed by atoms with E-state index in [0.717, 1.165) is 16.1 Å². The first-order chi connectivity index (χ1) is 16.6. The van der Waals surface area contributed by atoms with E-state index < -0.39 is 12.1 Å². The standard InChI is InChI=1S/C21H20N4O2S.C2HF3O2/c1-14-7-10-28-19(14)21(27)23-12-17-18(13-23)25(11-15-5-2-3-8-22-15)20(26)16-6-4-9-24(16)17;3-2(4,5)1(6)7/h2-10,17-18H,11-13H2,1H3;(H,6,7). The summed E-state index contributed by atoms with van der Waals surface area (Å²) in [5.41, 5.74) is 2.54. The summed E-state index contributed by atoms with van der Waals surface area (Å²) in [6.07, 6.45) is -1.39. The number of rotatable bonds is 3. The highest BCUT2D eigenvalue weighted by molar-refractivity contribution is 7.12. The van der Waals surface area contributed by atoms with Crippen molar-refractivity contribution in [3.05, 3.63) is 76.0 Å². The van der Waals surface area contributed by atoms with Crippen LogP contribution in [-0.4, -0.2) is 67.5 Å². The summed E-state index contributed by atoms with van der Waals surface area (Å²) in [6.45, 7) is 3.56. The molecule has 3 aromatic rings. The molecule has 5 heterocycles. The van der Waals surface area contributed by atoms with Crippen LogP contribution in [0, 0.1) is 6.92 Å². The lowest BCUT2D eigenvalue weighted by Gasteiger charge is -2.37. The van der Waals surface area contributed by atoms with E-state index in [9.17, 15) is 22.8 Å². The first-order valence-corrected chi connectivity index (χ1v) is 11.5. The van der Waals surface area contributed by atoms with Gasteiger partial charge >= 0.3 is 12.1 Å². The monoisotopic (exact) mass is 506 g/mol. The number of nitrogens with zero attached hydrogens (tertiary/aromatic N) is 4. The van der Waals surface area contributed by atoms with Crippen molar-refractivity contribution in [1.82, 2.24) is 19.4 Å². The lowest BCUT2D eigenvalue weighted by molar-refractivity contribution is -0.192. The Kier molecular flexibility index (Phi) is 6.66. The topological polar surface area (TPSA) is 95.7 Å². The second-order valence-corrected chi connectivity index (χ2v) is 9.05. The first-order valence-electron chi connectivity index (χ1n) is 10.6. The Bertz CT molecular complexity index is 1240. The summed E-state index contributed by atoms with van der Waals surface area (Å²) in [6, 6.07) is 11.5. The molecule has 0 aromatic carbocycles. The number of carboxylic acids is 1. The van der Waals surface area contributed by atoms with Crippen LogP contribution in [0.25, 0.3) is 0 Å². The number of alkyl halides is 3. The Labute approximate surface area is 202 Å². The number of thiophene rings is 1. The van der Waals surface area contributed by atoms with E-state index >= 15 is 0 Å². The number of likely N-dealkylation sites (tertiary alicyclic amines) is 1. The van der Waals surface area contributed by atoms with Crippen LogP contribution in [0.1, 0.15) is 37.5 Å². The van der Waals surface area contributed by atoms with E-state index in [-0.39, 0.29) is 23.9 Å². The van der Waals surface area contributed by atoms with Crippen molar-refractivity contribution in [3.63, 3.8) is 0 Å². The molecular weight excluding hydrogens is 485 g/mol. The Morgan fingerprint density at radius 3 is 2.46 bits per heavy atom. The van der Waals surface area contributed by atoms with E-state index in [1.807, 2.05) is 69.3 Å². The molecule has 184 valence electrons. The van der Waals surface area contributed by atoms with Gasteiger partial charge in [0.05, 0.1) is 29.2 Å². The third kappa shape index (κ3) is 4.92. The van der Waals surface area contributed by atoms with Crippen molar-refractivity contribution in [2.24, 2.45) is 0 Å². The molecule has 0 aliphatic carbocycles. The van der Waals surface area contributed by atoms with E-state index in [1.165, 1.54) is 11.3 Å². The third-order valence-electron chi connectivity index (χ3n) is 5.92. The molecule has 3 aromatic heterocycles. The lowest BCUT2D eigenvalue weighted by Crippen LogP contribution is -2.50. The van der Waals surface area contributed by atoms with Gasteiger partial charge in [-0.3, -0.25) is 14.6 Å². The van der Waals surface area contributed by atoms with Crippen LogP contribution in [0.3, 0.4) is 0 Å². The molecule has 0 spiro atoms. The fraction of sp³-hybridized carbons (Fsp3) is 0.304. The number of carbonyl (C=O) groups is 3. The van der Waals surface area contributed by atoms with Gasteiger partial charge in [0.15, 0.2) is 0 Å². The number of amides is 2. The van der Waals surface area contributed by atoms with Gasteiger partial charge in [-0.2, -0.15) is 13.2 Å². The molecule has 5 rings (SSSR count). The third-order valence-corrected chi connectivity index (χ3v) is 6.92. The number of aliphatic carboxylic acids is 1. The largest absolute Gasteiger partial charge is 0.490 e. The van der Waals surface area contributed by atoms with Crippen molar-refractivity contribution >= 4 is 29.1 Å². The molecule has 0 bridgehead atoms. The van der Waals surface area contributed by atoms with E-state index in [1.54, 1.807) is 6.20 Å². The number of hydrogen-bond acceptors (Lipinski definition) is 5. The smallest absolute Gasteiger partial charge is 0.475 e. The Morgan fingerprint density at radius 1 is 1.14 bits per heavy atom. The SMILES string of the molecule is Cc1ccsc1C(=O)N1CC2C(C1)n1cccc1C(=O)N2Cc1ccccn1.O=C(O)C(F)(F)F. The van der Waals surface area contributed by atoms with Gasteiger partial charge in [-0.1, -0.05) is 6.07 Å². The van der Waals surface area contributed by atoms with Crippen LogP contribution in [-0.2, 0) is 11.3 Å². The highest BCUT2D eigenvalue weighted by Gasteiger charge is 2.46. The van der Waals surface area contributed by atoms with Crippen molar-refractivity contribution in [1.29, 1.82) is 0 Å². The quantitative estimate of drug-likeness (QED) is 0.586. The second kappa shape index (κ2) is 9.53. The highest BCUT2D eigenvalue weighted by atomic mass is 32.1. The second-order valence-electron chi connectivity index (χ2n) is 8.14. The van der Waals surface area contributed by atoms with Crippen LogP contribution in [0.5, 0.6) is 0 Å². The van der Waals surface area contributed by atoms with Crippen molar-refractivity contribution in [2.45, 2.75) is 31.7 Å². The molecule has 12 heteroatoms. The molecule has 1 fully saturated rings. The van der Waals surface area contributed by atoms with Gasteiger partial charge in [0.25, 0.3) is 11.8 Å². The zero-order valence-electron chi connectivity index (χ0n) is 18.5. The predicted molar refractivity (Wildman–Crippen MR) is 120 cm³/mol. The van der Waals surface area contributed by atoms with Crippen LogP contribution < -0.4 is 0 Å². The molecule has 35 heavy (non-hydrogen) atoms. The molecule has 1 N–H and O–H groups in total. The molecule has 2 atom stereocenters. The van der Waals surface area contributed by atoms with Crippen LogP contribution in [0.15, 0.2) is 54.2 Å². The van der Waals surface area contributed by atoms with Gasteiger partial charge < -0.3 is 19.5 Å². The van der Waals surface area contributed by atoms with E-state index in [0.29, 0.717) is 25.3 Å². The van der Waals surface area contributed by atoms with Gasteiger partial charge in [0.2, 0.25) is 0 Å². The number of hydrogen-bond donors (Lipinski definition) is 1. The van der Waals surface area contributed by atoms with E-state index in [4.69, 9.17) is 9.90 Å². The summed E-state index contributed by atoms with van der Waals surface area (Å²) < 4.78 is 33.8. The summed E-state index contributed by atoms with van der Waals surface area (Å²) in [4.78, 5) is 44.1. The fourth-order valence-corrected chi connectivity index (χ4v) is 5.16. The Balaban J connectivity index is 0.000000364. The minimum Gasteiger partial charge on any atom is -0.475 e. The minimum absolute atomic E-state index is 0.00138. The van der Waals surface area contributed by atoms with Crippen LogP contribution in [0.4, 0.5) is 13.2 Å². The van der Waals surface area contributed by atoms with Crippen LogP contribution in [0.2, 0.25) is 0 Å². The summed E-state index contributed by atoms with van der Waals surface area (Å²) >= 11 is 1.48. The van der Waals surface area contributed by atoms with Crippen molar-refractivity contribution in [2.75, 3.05) is 13.1 Å². The molecule has 0 radical (unpaired) electrons. The van der Waals surface area contributed by atoms with Gasteiger partial charge in [-0.25, -0.2) is 4.79 Å². The number of aryl methyl sites for hydroxylation is 1. The van der Waals surface area contributed by atoms with Gasteiger partial charge in [-0.05, 0) is 48.2 Å². The maximum absolute atomic E-state index is 13.2. The summed E-state index contributed by atoms with van der Waals surface area (Å²) in [5.74, 6) is -2.70. The number of carbonyl (C=O) groups excluding carboxylic acids is 2. The number of aromatic nitrogens is 2. The average Bonchev–Trinajstić information content (AvgIpc) is 3.55. The minimum atomic E-state index is -5.08. The molecule has 0 saturated carbocycles. The number of carboxylic acid groups (broad SMARTS) is 1. The number of fused-ring (bicyclic) bond motifs is 3. The average molecular weight is 507 g/mol. The maximum atomic E-state index is 13.2. The Morgan fingerprint density at radius 2 is 1.86 bits per heavy atom. The molecule has 2 unspecified atom stereocenters. The Hall–Kier alpha value is -3.67. The van der Waals surface area contributed by atoms with Gasteiger partial charge in [-0.15, -0.1) is 11.3 Å². The van der Waals surface area contributed by atoms with Gasteiger partial charge in [0.1, 0.15) is 5.69 Å². The zero-order valence-corrected chi connectivity index (χ0v) is 19.3.